The van der Waals surface area contributed by atoms with Gasteiger partial charge in [-0.1, -0.05) is 18.2 Å². The molecule has 1 aliphatic carbocycles. The van der Waals surface area contributed by atoms with Crippen LogP contribution in [0.3, 0.4) is 0 Å². The molecule has 2 rings (SSSR count). The van der Waals surface area contributed by atoms with Gasteiger partial charge in [0.25, 0.3) is 0 Å². The first-order valence-electron chi connectivity index (χ1n) is 5.44. The minimum atomic E-state index is -4.53. The predicted octanol–water partition coefficient (Wildman–Crippen LogP) is 3.38. The first kappa shape index (κ1) is 12.4. The monoisotopic (exact) mass is 247 g/mol. The van der Waals surface area contributed by atoms with Gasteiger partial charge in [-0.2, -0.15) is 13.2 Å². The van der Waals surface area contributed by atoms with E-state index in [1.54, 1.807) is 0 Å². The number of alkyl halides is 4. The minimum absolute atomic E-state index is 0.0416. The molecule has 0 saturated heterocycles. The van der Waals surface area contributed by atoms with Gasteiger partial charge in [0.1, 0.15) is 5.67 Å². The molecule has 1 saturated carbocycles. The SMILES string of the molecule is NC1CCC(F)(c2ccccc2C(F)(F)F)C1. The smallest absolute Gasteiger partial charge is 0.328 e. The highest BCUT2D eigenvalue weighted by Gasteiger charge is 2.45. The second-order valence-electron chi connectivity index (χ2n) is 4.51. The number of nitrogens with two attached hydrogens (primary N) is 1. The molecular weight excluding hydrogens is 234 g/mol. The third-order valence-corrected chi connectivity index (χ3v) is 3.21. The van der Waals surface area contributed by atoms with Gasteiger partial charge in [0.15, 0.2) is 0 Å². The second-order valence-corrected chi connectivity index (χ2v) is 4.51. The summed E-state index contributed by atoms with van der Waals surface area (Å²) in [5.41, 5.74) is 2.48. The Labute approximate surface area is 96.6 Å². The first-order valence-corrected chi connectivity index (χ1v) is 5.44. The zero-order valence-corrected chi connectivity index (χ0v) is 9.10. The molecule has 1 aromatic rings. The van der Waals surface area contributed by atoms with E-state index in [1.165, 1.54) is 18.2 Å². The largest absolute Gasteiger partial charge is 0.416 e. The molecule has 0 radical (unpaired) electrons. The van der Waals surface area contributed by atoms with Crippen molar-refractivity contribution in [2.45, 2.75) is 37.1 Å². The first-order chi connectivity index (χ1) is 7.83. The Hall–Kier alpha value is -1.10. The molecule has 2 unspecified atom stereocenters. The Balaban J connectivity index is 2.46. The number of hydrogen-bond donors (Lipinski definition) is 1. The summed E-state index contributed by atoms with van der Waals surface area (Å²) < 4.78 is 52.8. The summed E-state index contributed by atoms with van der Waals surface area (Å²) in [5.74, 6) is 0. The number of benzene rings is 1. The molecule has 1 aliphatic rings. The molecule has 5 heteroatoms. The third-order valence-electron chi connectivity index (χ3n) is 3.21. The van der Waals surface area contributed by atoms with Crippen LogP contribution in [0.25, 0.3) is 0 Å². The third kappa shape index (κ3) is 2.29. The summed E-state index contributed by atoms with van der Waals surface area (Å²) in [7, 11) is 0. The molecule has 2 atom stereocenters. The van der Waals surface area contributed by atoms with E-state index in [2.05, 4.69) is 0 Å². The Morgan fingerprint density at radius 3 is 2.41 bits per heavy atom. The fraction of sp³-hybridized carbons (Fsp3) is 0.500. The van der Waals surface area contributed by atoms with Crippen LogP contribution in [-0.2, 0) is 11.8 Å². The minimum Gasteiger partial charge on any atom is -0.328 e. The topological polar surface area (TPSA) is 26.0 Å². The van der Waals surface area contributed by atoms with Crippen LogP contribution >= 0.6 is 0 Å². The Kier molecular flexibility index (Phi) is 2.89. The van der Waals surface area contributed by atoms with Gasteiger partial charge in [-0.3, -0.25) is 0 Å². The van der Waals surface area contributed by atoms with E-state index in [1.807, 2.05) is 0 Å². The molecule has 2 N–H and O–H groups in total. The standard InChI is InChI=1S/C12H13F4N/c13-11(6-5-8(17)7-11)9-3-1-2-4-10(9)12(14,15)16/h1-4,8H,5-7,17H2. The maximum absolute atomic E-state index is 14.5. The van der Waals surface area contributed by atoms with E-state index in [9.17, 15) is 17.6 Å². The van der Waals surface area contributed by atoms with Crippen molar-refractivity contribution >= 4 is 0 Å². The molecule has 0 aromatic heterocycles. The lowest BCUT2D eigenvalue weighted by Crippen LogP contribution is -2.24. The zero-order valence-electron chi connectivity index (χ0n) is 9.10. The normalized spacial score (nSPS) is 29.6. The van der Waals surface area contributed by atoms with Crippen LogP contribution in [0.1, 0.15) is 30.4 Å². The van der Waals surface area contributed by atoms with Gasteiger partial charge in [0.05, 0.1) is 5.56 Å². The van der Waals surface area contributed by atoms with Crippen LogP contribution in [-0.4, -0.2) is 6.04 Å². The average Bonchev–Trinajstić information content (AvgIpc) is 2.59. The summed E-state index contributed by atoms with van der Waals surface area (Å²) in [6.45, 7) is 0. The molecule has 0 spiro atoms. The number of halogens is 4. The fourth-order valence-electron chi connectivity index (χ4n) is 2.40. The summed E-state index contributed by atoms with van der Waals surface area (Å²) in [5, 5.41) is 0. The molecule has 0 bridgehead atoms. The molecular formula is C12H13F4N. The van der Waals surface area contributed by atoms with Crippen LogP contribution in [0.4, 0.5) is 17.6 Å². The molecule has 17 heavy (non-hydrogen) atoms. The maximum atomic E-state index is 14.5. The number of hydrogen-bond acceptors (Lipinski definition) is 1. The van der Waals surface area contributed by atoms with Gasteiger partial charge in [-0.05, 0) is 18.9 Å². The Morgan fingerprint density at radius 2 is 1.88 bits per heavy atom. The quantitative estimate of drug-likeness (QED) is 0.756. The van der Waals surface area contributed by atoms with E-state index >= 15 is 0 Å². The second kappa shape index (κ2) is 3.98. The van der Waals surface area contributed by atoms with Crippen molar-refractivity contribution < 1.29 is 17.6 Å². The van der Waals surface area contributed by atoms with Crippen LogP contribution in [0.2, 0.25) is 0 Å². The average molecular weight is 247 g/mol. The van der Waals surface area contributed by atoms with Crippen LogP contribution in [0, 0.1) is 0 Å². The van der Waals surface area contributed by atoms with Crippen LogP contribution in [0.5, 0.6) is 0 Å². The molecule has 94 valence electrons. The highest BCUT2D eigenvalue weighted by molar-refractivity contribution is 5.35. The van der Waals surface area contributed by atoms with Crippen LogP contribution in [0.15, 0.2) is 24.3 Å². The molecule has 1 nitrogen and oxygen atoms in total. The van der Waals surface area contributed by atoms with E-state index in [0.717, 1.165) is 6.07 Å². The molecule has 0 amide bonds. The van der Waals surface area contributed by atoms with E-state index < -0.39 is 17.4 Å². The van der Waals surface area contributed by atoms with Crippen molar-refractivity contribution in [2.75, 3.05) is 0 Å². The van der Waals surface area contributed by atoms with Crippen molar-refractivity contribution in [3.63, 3.8) is 0 Å². The lowest BCUT2D eigenvalue weighted by molar-refractivity contribution is -0.139. The van der Waals surface area contributed by atoms with Gasteiger partial charge in [-0.25, -0.2) is 4.39 Å². The van der Waals surface area contributed by atoms with E-state index in [0.29, 0.717) is 6.42 Å². The van der Waals surface area contributed by atoms with Crippen molar-refractivity contribution in [1.82, 2.24) is 0 Å². The van der Waals surface area contributed by atoms with Crippen molar-refractivity contribution in [2.24, 2.45) is 5.73 Å². The fourth-order valence-corrected chi connectivity index (χ4v) is 2.40. The lowest BCUT2D eigenvalue weighted by Gasteiger charge is -2.24. The van der Waals surface area contributed by atoms with Gasteiger partial charge in [0, 0.05) is 18.0 Å². The molecule has 0 aliphatic heterocycles. The van der Waals surface area contributed by atoms with E-state index in [4.69, 9.17) is 5.73 Å². The summed E-state index contributed by atoms with van der Waals surface area (Å²) >= 11 is 0. The Bertz CT molecular complexity index is 415. The molecule has 1 aromatic carbocycles. The van der Waals surface area contributed by atoms with E-state index in [-0.39, 0.29) is 24.4 Å². The van der Waals surface area contributed by atoms with Gasteiger partial charge in [-0.15, -0.1) is 0 Å². The maximum Gasteiger partial charge on any atom is 0.416 e. The predicted molar refractivity (Wildman–Crippen MR) is 56.1 cm³/mol. The number of rotatable bonds is 1. The van der Waals surface area contributed by atoms with Gasteiger partial charge < -0.3 is 5.73 Å². The Morgan fingerprint density at radius 1 is 1.24 bits per heavy atom. The lowest BCUT2D eigenvalue weighted by atomic mass is 9.89. The molecule has 0 heterocycles. The van der Waals surface area contributed by atoms with Crippen molar-refractivity contribution in [1.29, 1.82) is 0 Å². The van der Waals surface area contributed by atoms with Gasteiger partial charge in [0.2, 0.25) is 0 Å². The summed E-state index contributed by atoms with van der Waals surface area (Å²) in [6, 6.07) is 4.46. The van der Waals surface area contributed by atoms with Gasteiger partial charge >= 0.3 is 6.18 Å². The summed E-state index contributed by atoms with van der Waals surface area (Å²) in [6.07, 6.45) is -4.09. The van der Waals surface area contributed by atoms with Crippen molar-refractivity contribution in [3.8, 4) is 0 Å². The molecule has 1 fully saturated rings. The van der Waals surface area contributed by atoms with Crippen molar-refractivity contribution in [3.05, 3.63) is 35.4 Å². The van der Waals surface area contributed by atoms with Crippen LogP contribution < -0.4 is 5.73 Å². The zero-order chi connectivity index (χ0) is 12.7. The summed E-state index contributed by atoms with van der Waals surface area (Å²) in [4.78, 5) is 0. The highest BCUT2D eigenvalue weighted by Crippen LogP contribution is 2.46. The highest BCUT2D eigenvalue weighted by atomic mass is 19.4.